The Morgan fingerprint density at radius 3 is 2.59 bits per heavy atom. The number of rotatable bonds is 6. The van der Waals surface area contributed by atoms with E-state index in [1.54, 1.807) is 18.2 Å². The maximum absolute atomic E-state index is 11.1. The molecule has 1 atom stereocenters. The van der Waals surface area contributed by atoms with E-state index < -0.39 is 5.60 Å². The highest BCUT2D eigenvalue weighted by atomic mass is 35.5. The van der Waals surface area contributed by atoms with Crippen LogP contribution in [0.1, 0.15) is 31.7 Å². The van der Waals surface area contributed by atoms with Crippen LogP contribution in [0.2, 0.25) is 10.0 Å². The van der Waals surface area contributed by atoms with Gasteiger partial charge in [0.25, 0.3) is 0 Å². The summed E-state index contributed by atoms with van der Waals surface area (Å²) in [5.41, 5.74) is 1.11. The number of nitrogens with one attached hydrogen (secondary N) is 1. The number of aliphatic hydroxyl groups is 1. The zero-order valence-electron chi connectivity index (χ0n) is 16.5. The summed E-state index contributed by atoms with van der Waals surface area (Å²) >= 11 is 12.0. The average Bonchev–Trinajstić information content (AvgIpc) is 2.86. The third kappa shape index (κ3) is 6.61. The van der Waals surface area contributed by atoms with Crippen molar-refractivity contribution in [1.29, 1.82) is 0 Å². The number of halogens is 2. The molecule has 0 spiro atoms. The Morgan fingerprint density at radius 1 is 1.14 bits per heavy atom. The molecule has 0 aromatic heterocycles. The van der Waals surface area contributed by atoms with E-state index in [2.05, 4.69) is 10.2 Å². The lowest BCUT2D eigenvalue weighted by atomic mass is 9.96. The Morgan fingerprint density at radius 2 is 1.90 bits per heavy atom. The summed E-state index contributed by atoms with van der Waals surface area (Å²) in [6, 6.07) is 13.0. The predicted molar refractivity (Wildman–Crippen MR) is 117 cm³/mol. The van der Waals surface area contributed by atoms with Crippen molar-refractivity contribution < 1.29 is 14.6 Å². The minimum atomic E-state index is -0.865. The van der Waals surface area contributed by atoms with Gasteiger partial charge in [0.2, 0.25) is 5.91 Å². The first-order valence-corrected chi connectivity index (χ1v) is 10.5. The lowest BCUT2D eigenvalue weighted by Gasteiger charge is -2.27. The monoisotopic (exact) mass is 436 g/mol. The van der Waals surface area contributed by atoms with Gasteiger partial charge in [0.1, 0.15) is 12.4 Å². The summed E-state index contributed by atoms with van der Waals surface area (Å²) in [5, 5.41) is 14.7. The molecule has 0 saturated carbocycles. The van der Waals surface area contributed by atoms with Crippen molar-refractivity contribution >= 4 is 34.8 Å². The van der Waals surface area contributed by atoms with E-state index in [1.165, 1.54) is 12.5 Å². The van der Waals surface area contributed by atoms with Gasteiger partial charge in [0, 0.05) is 31.8 Å². The molecule has 0 radical (unpaired) electrons. The van der Waals surface area contributed by atoms with E-state index in [4.69, 9.17) is 27.9 Å². The van der Waals surface area contributed by atoms with Crippen LogP contribution in [0.25, 0.3) is 0 Å². The second-order valence-corrected chi connectivity index (χ2v) is 8.41. The number of carbonyl (C=O) groups excluding carboxylic acids is 1. The first-order valence-electron chi connectivity index (χ1n) is 9.72. The van der Waals surface area contributed by atoms with Crippen LogP contribution in [0, 0.1) is 0 Å². The second-order valence-electron chi connectivity index (χ2n) is 7.60. The first kappa shape index (κ1) is 21.9. The van der Waals surface area contributed by atoms with Gasteiger partial charge in [-0.05, 0) is 55.6 Å². The fourth-order valence-corrected chi connectivity index (χ4v) is 3.76. The zero-order valence-corrected chi connectivity index (χ0v) is 18.0. The minimum Gasteiger partial charge on any atom is -0.491 e. The Hall–Kier alpha value is -1.79. The Bertz CT molecular complexity index is 844. The molecular formula is C22H26Cl2N2O3. The van der Waals surface area contributed by atoms with Gasteiger partial charge in [-0.3, -0.25) is 9.69 Å². The SMILES string of the molecule is CC(=O)Nc1ccc(CN2CCCC(O)(COc3ccc(Cl)c(Cl)c3)CC2)cc1. The molecule has 1 aliphatic rings. The fourth-order valence-electron chi connectivity index (χ4n) is 3.48. The van der Waals surface area contributed by atoms with Gasteiger partial charge in [0.05, 0.1) is 15.6 Å². The molecule has 1 saturated heterocycles. The third-order valence-electron chi connectivity index (χ3n) is 5.09. The van der Waals surface area contributed by atoms with E-state index in [1.807, 2.05) is 24.3 Å². The van der Waals surface area contributed by atoms with Crippen LogP contribution in [-0.4, -0.2) is 41.2 Å². The van der Waals surface area contributed by atoms with Crippen LogP contribution >= 0.6 is 23.2 Å². The normalized spacial score (nSPS) is 20.1. The van der Waals surface area contributed by atoms with Crippen LogP contribution in [0.4, 0.5) is 5.69 Å². The van der Waals surface area contributed by atoms with Crippen molar-refractivity contribution in [1.82, 2.24) is 4.90 Å². The number of nitrogens with zero attached hydrogens (tertiary/aromatic N) is 1. The number of ether oxygens (including phenoxy) is 1. The molecular weight excluding hydrogens is 411 g/mol. The van der Waals surface area contributed by atoms with Gasteiger partial charge < -0.3 is 15.2 Å². The maximum atomic E-state index is 11.1. The van der Waals surface area contributed by atoms with Crippen LogP contribution in [0.15, 0.2) is 42.5 Å². The molecule has 1 fully saturated rings. The van der Waals surface area contributed by atoms with Crippen LogP contribution in [0.5, 0.6) is 5.75 Å². The number of amides is 1. The highest BCUT2D eigenvalue weighted by Crippen LogP contribution is 2.29. The van der Waals surface area contributed by atoms with Crippen molar-refractivity contribution in [2.45, 2.75) is 38.3 Å². The number of benzene rings is 2. The van der Waals surface area contributed by atoms with Gasteiger partial charge >= 0.3 is 0 Å². The average molecular weight is 437 g/mol. The molecule has 3 rings (SSSR count). The van der Waals surface area contributed by atoms with E-state index in [9.17, 15) is 9.90 Å². The quantitative estimate of drug-likeness (QED) is 0.685. The number of hydrogen-bond donors (Lipinski definition) is 2. The molecule has 1 aliphatic heterocycles. The number of carbonyl (C=O) groups is 1. The van der Waals surface area contributed by atoms with Gasteiger partial charge in [-0.1, -0.05) is 35.3 Å². The van der Waals surface area contributed by atoms with Crippen molar-refractivity contribution in [3.05, 3.63) is 58.1 Å². The Balaban J connectivity index is 1.52. The van der Waals surface area contributed by atoms with E-state index in [0.717, 1.165) is 31.7 Å². The lowest BCUT2D eigenvalue weighted by Crippen LogP contribution is -2.37. The van der Waals surface area contributed by atoms with E-state index in [0.29, 0.717) is 28.6 Å². The van der Waals surface area contributed by atoms with Gasteiger partial charge in [0.15, 0.2) is 0 Å². The van der Waals surface area contributed by atoms with Crippen molar-refractivity contribution in [3.63, 3.8) is 0 Å². The highest BCUT2D eigenvalue weighted by molar-refractivity contribution is 6.42. The van der Waals surface area contributed by atoms with Gasteiger partial charge in [-0.15, -0.1) is 0 Å². The minimum absolute atomic E-state index is 0.0763. The zero-order chi connectivity index (χ0) is 20.9. The number of likely N-dealkylation sites (tertiary alicyclic amines) is 1. The summed E-state index contributed by atoms with van der Waals surface area (Å²) in [6.45, 7) is 4.24. The molecule has 0 aliphatic carbocycles. The molecule has 7 heteroatoms. The molecule has 2 N–H and O–H groups in total. The predicted octanol–water partition coefficient (Wildman–Crippen LogP) is 4.75. The molecule has 2 aromatic carbocycles. The highest BCUT2D eigenvalue weighted by Gasteiger charge is 2.31. The summed E-state index contributed by atoms with van der Waals surface area (Å²) in [4.78, 5) is 13.5. The standard InChI is InChI=1S/C22H26Cl2N2O3/c1-16(27)25-18-5-3-17(4-6-18)14-26-11-2-9-22(28,10-12-26)15-29-19-7-8-20(23)21(24)13-19/h3-8,13,28H,2,9-12,14-15H2,1H3,(H,25,27). The summed E-state index contributed by atoms with van der Waals surface area (Å²) in [5.74, 6) is 0.529. The molecule has 2 aromatic rings. The van der Waals surface area contributed by atoms with E-state index >= 15 is 0 Å². The third-order valence-corrected chi connectivity index (χ3v) is 5.83. The molecule has 0 bridgehead atoms. The second kappa shape index (κ2) is 9.81. The summed E-state index contributed by atoms with van der Waals surface area (Å²) in [6.07, 6.45) is 2.22. The summed E-state index contributed by atoms with van der Waals surface area (Å²) < 4.78 is 5.79. The molecule has 5 nitrogen and oxygen atoms in total. The van der Waals surface area contributed by atoms with Crippen LogP contribution in [0.3, 0.4) is 0 Å². The summed E-state index contributed by atoms with van der Waals surface area (Å²) in [7, 11) is 0. The molecule has 1 heterocycles. The Kier molecular flexibility index (Phi) is 7.41. The van der Waals surface area contributed by atoms with E-state index in [-0.39, 0.29) is 12.5 Å². The number of hydrogen-bond acceptors (Lipinski definition) is 4. The van der Waals surface area contributed by atoms with Crippen molar-refractivity contribution in [2.75, 3.05) is 25.0 Å². The molecule has 156 valence electrons. The van der Waals surface area contributed by atoms with Crippen LogP contribution < -0.4 is 10.1 Å². The largest absolute Gasteiger partial charge is 0.491 e. The lowest BCUT2D eigenvalue weighted by molar-refractivity contribution is -0.114. The smallest absolute Gasteiger partial charge is 0.221 e. The maximum Gasteiger partial charge on any atom is 0.221 e. The first-order chi connectivity index (χ1) is 13.8. The Labute approximate surface area is 181 Å². The molecule has 1 amide bonds. The fraction of sp³-hybridized carbons (Fsp3) is 0.409. The van der Waals surface area contributed by atoms with Crippen LogP contribution in [-0.2, 0) is 11.3 Å². The van der Waals surface area contributed by atoms with Crippen molar-refractivity contribution in [2.24, 2.45) is 0 Å². The number of anilines is 1. The topological polar surface area (TPSA) is 61.8 Å². The van der Waals surface area contributed by atoms with Crippen molar-refractivity contribution in [3.8, 4) is 5.75 Å². The molecule has 1 unspecified atom stereocenters. The molecule has 29 heavy (non-hydrogen) atoms. The van der Waals surface area contributed by atoms with Gasteiger partial charge in [-0.25, -0.2) is 0 Å². The van der Waals surface area contributed by atoms with Gasteiger partial charge in [-0.2, -0.15) is 0 Å².